The normalized spacial score (nSPS) is 11.1. The van der Waals surface area contributed by atoms with Gasteiger partial charge in [0.15, 0.2) is 0 Å². The Labute approximate surface area is 122 Å². The number of esters is 2. The van der Waals surface area contributed by atoms with Crippen molar-refractivity contribution in [2.24, 2.45) is 4.99 Å². The minimum absolute atomic E-state index is 0.00655. The number of halogens is 1. The molecule has 1 aromatic rings. The minimum Gasteiger partial charge on any atom is -0.468 e. The minimum atomic E-state index is -0.462. The predicted molar refractivity (Wildman–Crippen MR) is 76.2 cm³/mol. The molecule has 0 spiro atoms. The molecule has 0 unspecified atom stereocenters. The number of nitrogens with zero attached hydrogens (tertiary/aromatic N) is 1. The van der Waals surface area contributed by atoms with Crippen molar-refractivity contribution in [2.45, 2.75) is 13.8 Å². The van der Waals surface area contributed by atoms with Crippen LogP contribution in [-0.4, -0.2) is 37.9 Å². The molecule has 0 aliphatic heterocycles. The standard InChI is InChI=1S/C14H16ClNO4/c1-9-6-11(4-5-12(9)15)13(8-20-10(2)17)16-7-14(18)19-3/h4-6H,7-8H2,1-3H3. The molecule has 108 valence electrons. The molecule has 0 fully saturated rings. The average Bonchev–Trinajstić information content (AvgIpc) is 2.41. The second-order valence-electron chi connectivity index (χ2n) is 4.08. The van der Waals surface area contributed by atoms with Crippen LogP contribution in [0, 0.1) is 6.92 Å². The fraction of sp³-hybridized carbons (Fsp3) is 0.357. The summed E-state index contributed by atoms with van der Waals surface area (Å²) in [6.45, 7) is 3.03. The van der Waals surface area contributed by atoms with Gasteiger partial charge in [0, 0.05) is 11.9 Å². The molecule has 0 aliphatic rings. The maximum Gasteiger partial charge on any atom is 0.327 e. The van der Waals surface area contributed by atoms with Crippen LogP contribution in [0.5, 0.6) is 0 Å². The van der Waals surface area contributed by atoms with E-state index in [1.54, 1.807) is 12.1 Å². The largest absolute Gasteiger partial charge is 0.468 e. The van der Waals surface area contributed by atoms with Crippen molar-refractivity contribution in [2.75, 3.05) is 20.3 Å². The molecule has 0 N–H and O–H groups in total. The highest BCUT2D eigenvalue weighted by atomic mass is 35.5. The number of rotatable bonds is 5. The van der Waals surface area contributed by atoms with Crippen molar-refractivity contribution >= 4 is 29.3 Å². The molecule has 1 rings (SSSR count). The monoisotopic (exact) mass is 297 g/mol. The summed E-state index contributed by atoms with van der Waals surface area (Å²) in [6.07, 6.45) is 0. The lowest BCUT2D eigenvalue weighted by molar-refractivity contribution is -0.139. The van der Waals surface area contributed by atoms with E-state index in [0.29, 0.717) is 10.7 Å². The Kier molecular flexibility index (Phi) is 6.18. The smallest absolute Gasteiger partial charge is 0.327 e. The molecule has 5 nitrogen and oxygen atoms in total. The lowest BCUT2D eigenvalue weighted by atomic mass is 10.1. The van der Waals surface area contributed by atoms with Gasteiger partial charge >= 0.3 is 11.9 Å². The SMILES string of the molecule is COC(=O)CN=C(COC(C)=O)c1ccc(Cl)c(C)c1. The van der Waals surface area contributed by atoms with Gasteiger partial charge in [-0.25, -0.2) is 0 Å². The number of carbonyl (C=O) groups excluding carboxylic acids is 2. The first-order valence-electron chi connectivity index (χ1n) is 5.94. The molecule has 0 bridgehead atoms. The highest BCUT2D eigenvalue weighted by Gasteiger charge is 2.09. The molecule has 1 aromatic carbocycles. The van der Waals surface area contributed by atoms with Gasteiger partial charge in [-0.2, -0.15) is 0 Å². The van der Waals surface area contributed by atoms with E-state index in [9.17, 15) is 9.59 Å². The zero-order valence-electron chi connectivity index (χ0n) is 11.6. The van der Waals surface area contributed by atoms with E-state index in [1.165, 1.54) is 14.0 Å². The van der Waals surface area contributed by atoms with E-state index in [2.05, 4.69) is 9.73 Å². The van der Waals surface area contributed by atoms with Crippen LogP contribution < -0.4 is 0 Å². The Morgan fingerprint density at radius 3 is 2.60 bits per heavy atom. The summed E-state index contributed by atoms with van der Waals surface area (Å²) in [6, 6.07) is 5.31. The van der Waals surface area contributed by atoms with E-state index in [-0.39, 0.29) is 13.2 Å². The number of ether oxygens (including phenoxy) is 2. The fourth-order valence-electron chi connectivity index (χ4n) is 1.44. The van der Waals surface area contributed by atoms with E-state index < -0.39 is 11.9 Å². The second kappa shape index (κ2) is 7.65. The molecule has 0 heterocycles. The van der Waals surface area contributed by atoms with Crippen LogP contribution in [0.1, 0.15) is 18.1 Å². The van der Waals surface area contributed by atoms with Crippen LogP contribution in [0.2, 0.25) is 5.02 Å². The average molecular weight is 298 g/mol. The molecule has 0 aliphatic carbocycles. The zero-order valence-corrected chi connectivity index (χ0v) is 12.4. The van der Waals surface area contributed by atoms with Gasteiger partial charge in [0.1, 0.15) is 13.2 Å². The van der Waals surface area contributed by atoms with Gasteiger partial charge < -0.3 is 9.47 Å². The molecule has 0 saturated carbocycles. The van der Waals surface area contributed by atoms with Gasteiger partial charge in [0.25, 0.3) is 0 Å². The highest BCUT2D eigenvalue weighted by molar-refractivity contribution is 6.31. The third-order valence-electron chi connectivity index (χ3n) is 2.53. The van der Waals surface area contributed by atoms with E-state index >= 15 is 0 Å². The van der Waals surface area contributed by atoms with E-state index in [1.807, 2.05) is 13.0 Å². The van der Waals surface area contributed by atoms with Gasteiger partial charge in [-0.3, -0.25) is 14.6 Å². The lowest BCUT2D eigenvalue weighted by Gasteiger charge is -2.09. The van der Waals surface area contributed by atoms with Gasteiger partial charge in [0.05, 0.1) is 12.8 Å². The van der Waals surface area contributed by atoms with Gasteiger partial charge in [-0.05, 0) is 30.2 Å². The van der Waals surface area contributed by atoms with Gasteiger partial charge in [0.2, 0.25) is 0 Å². The molecule has 6 heteroatoms. The number of aryl methyl sites for hydroxylation is 1. The number of methoxy groups -OCH3 is 1. The first kappa shape index (κ1) is 16.2. The maximum atomic E-state index is 11.1. The van der Waals surface area contributed by atoms with Crippen molar-refractivity contribution in [1.29, 1.82) is 0 Å². The number of hydrogen-bond donors (Lipinski definition) is 0. The topological polar surface area (TPSA) is 65.0 Å². The number of carbonyl (C=O) groups is 2. The summed E-state index contributed by atoms with van der Waals surface area (Å²) in [4.78, 5) is 26.2. The van der Waals surface area contributed by atoms with Crippen molar-refractivity contribution in [3.8, 4) is 0 Å². The molecule has 0 atom stereocenters. The molecule has 0 saturated heterocycles. The summed E-state index contributed by atoms with van der Waals surface area (Å²) >= 11 is 5.96. The fourth-order valence-corrected chi connectivity index (χ4v) is 1.56. The summed E-state index contributed by atoms with van der Waals surface area (Å²) in [5.74, 6) is -0.877. The summed E-state index contributed by atoms with van der Waals surface area (Å²) in [5.41, 5.74) is 2.11. The summed E-state index contributed by atoms with van der Waals surface area (Å²) in [5, 5.41) is 0.633. The van der Waals surface area contributed by atoms with Crippen LogP contribution in [-0.2, 0) is 19.1 Å². The summed E-state index contributed by atoms with van der Waals surface area (Å²) in [7, 11) is 1.29. The number of aliphatic imine (C=N–C) groups is 1. The van der Waals surface area contributed by atoms with Crippen molar-refractivity contribution in [3.63, 3.8) is 0 Å². The van der Waals surface area contributed by atoms with E-state index in [4.69, 9.17) is 16.3 Å². The maximum absolute atomic E-state index is 11.1. The number of benzene rings is 1. The Morgan fingerprint density at radius 1 is 1.35 bits per heavy atom. The number of hydrogen-bond acceptors (Lipinski definition) is 5. The molecule has 20 heavy (non-hydrogen) atoms. The van der Waals surface area contributed by atoms with E-state index in [0.717, 1.165) is 11.1 Å². The second-order valence-corrected chi connectivity index (χ2v) is 4.49. The zero-order chi connectivity index (χ0) is 15.1. The first-order chi connectivity index (χ1) is 9.43. The van der Waals surface area contributed by atoms with Gasteiger partial charge in [-0.15, -0.1) is 0 Å². The quantitative estimate of drug-likeness (QED) is 0.617. The van der Waals surface area contributed by atoms with Crippen LogP contribution in [0.25, 0.3) is 0 Å². The van der Waals surface area contributed by atoms with Crippen molar-refractivity contribution < 1.29 is 19.1 Å². The highest BCUT2D eigenvalue weighted by Crippen LogP contribution is 2.17. The third kappa shape index (κ3) is 5.01. The molecular formula is C14H16ClNO4. The summed E-state index contributed by atoms with van der Waals surface area (Å²) < 4.78 is 9.47. The Bertz CT molecular complexity index is 540. The molecule has 0 radical (unpaired) electrons. The van der Waals surface area contributed by atoms with Crippen molar-refractivity contribution in [1.82, 2.24) is 0 Å². The molecule has 0 aromatic heterocycles. The van der Waals surface area contributed by atoms with Crippen LogP contribution >= 0.6 is 11.6 Å². The van der Waals surface area contributed by atoms with Gasteiger partial charge in [-0.1, -0.05) is 17.7 Å². The molecular weight excluding hydrogens is 282 g/mol. The third-order valence-corrected chi connectivity index (χ3v) is 2.95. The Morgan fingerprint density at radius 2 is 2.05 bits per heavy atom. The predicted octanol–water partition coefficient (Wildman–Crippen LogP) is 2.17. The van der Waals surface area contributed by atoms with Crippen LogP contribution in [0.3, 0.4) is 0 Å². The Balaban J connectivity index is 2.98. The lowest BCUT2D eigenvalue weighted by Crippen LogP contribution is -2.16. The molecule has 0 amide bonds. The van der Waals surface area contributed by atoms with Crippen LogP contribution in [0.15, 0.2) is 23.2 Å². The first-order valence-corrected chi connectivity index (χ1v) is 6.32. The van der Waals surface area contributed by atoms with Crippen LogP contribution in [0.4, 0.5) is 0 Å². The Hall–Kier alpha value is -1.88. The van der Waals surface area contributed by atoms with Crippen molar-refractivity contribution in [3.05, 3.63) is 34.3 Å².